The van der Waals surface area contributed by atoms with E-state index in [1.54, 1.807) is 16.2 Å². The van der Waals surface area contributed by atoms with E-state index in [-0.39, 0.29) is 6.03 Å². The number of carboxylic acid groups (broad SMARTS) is 1. The smallest absolute Gasteiger partial charge is 0.320 e. The second-order valence-electron chi connectivity index (χ2n) is 5.09. The van der Waals surface area contributed by atoms with E-state index in [4.69, 9.17) is 5.11 Å². The molecule has 0 aliphatic carbocycles. The number of likely N-dealkylation sites (tertiary alicyclic amines) is 1. The summed E-state index contributed by atoms with van der Waals surface area (Å²) >= 11 is 1.75. The summed E-state index contributed by atoms with van der Waals surface area (Å²) in [5, 5.41) is 11.0. The zero-order chi connectivity index (χ0) is 13.4. The van der Waals surface area contributed by atoms with Crippen LogP contribution in [0.4, 0.5) is 4.79 Å². The molecule has 6 heteroatoms. The van der Waals surface area contributed by atoms with Gasteiger partial charge in [-0.15, -0.1) is 11.3 Å². The number of carbonyl (C=O) groups excluding carboxylic acids is 1. The van der Waals surface area contributed by atoms with Gasteiger partial charge in [0.15, 0.2) is 0 Å². The summed E-state index contributed by atoms with van der Waals surface area (Å²) in [5.41, 5.74) is 1.23. The Morgan fingerprint density at radius 3 is 2.89 bits per heavy atom. The van der Waals surface area contributed by atoms with E-state index in [0.29, 0.717) is 26.1 Å². The van der Waals surface area contributed by atoms with Gasteiger partial charge >= 0.3 is 12.0 Å². The highest BCUT2D eigenvalue weighted by Crippen LogP contribution is 2.26. The van der Waals surface area contributed by atoms with Crippen molar-refractivity contribution in [2.24, 2.45) is 5.92 Å². The number of carbonyl (C=O) groups is 2. The Labute approximate surface area is 115 Å². The average Bonchev–Trinajstić information content (AvgIpc) is 3.06. The van der Waals surface area contributed by atoms with Gasteiger partial charge in [-0.25, -0.2) is 4.79 Å². The molecule has 1 atom stereocenters. The van der Waals surface area contributed by atoms with E-state index in [1.165, 1.54) is 10.4 Å². The maximum absolute atomic E-state index is 12.4. The van der Waals surface area contributed by atoms with Gasteiger partial charge in [-0.3, -0.25) is 4.79 Å². The predicted octanol–water partition coefficient (Wildman–Crippen LogP) is 1.63. The van der Waals surface area contributed by atoms with Gasteiger partial charge in [0, 0.05) is 31.1 Å². The number of nitrogens with zero attached hydrogens (tertiary/aromatic N) is 2. The molecule has 19 heavy (non-hydrogen) atoms. The Hall–Kier alpha value is -1.56. The van der Waals surface area contributed by atoms with Crippen LogP contribution in [0, 0.1) is 5.92 Å². The van der Waals surface area contributed by atoms with Gasteiger partial charge in [-0.05, 0) is 29.9 Å². The van der Waals surface area contributed by atoms with Gasteiger partial charge in [0.1, 0.15) is 0 Å². The molecule has 3 rings (SSSR count). The Morgan fingerprint density at radius 2 is 2.16 bits per heavy atom. The third-order valence-corrected chi connectivity index (χ3v) is 4.91. The third kappa shape index (κ3) is 2.32. The molecule has 2 amide bonds. The summed E-state index contributed by atoms with van der Waals surface area (Å²) < 4.78 is 0. The van der Waals surface area contributed by atoms with E-state index in [9.17, 15) is 9.59 Å². The molecule has 5 nitrogen and oxygen atoms in total. The summed E-state index contributed by atoms with van der Waals surface area (Å²) in [5.74, 6) is -1.19. The maximum Gasteiger partial charge on any atom is 0.320 e. The molecule has 0 saturated carbocycles. The number of carboxylic acids is 1. The number of amides is 2. The molecule has 0 bridgehead atoms. The van der Waals surface area contributed by atoms with E-state index < -0.39 is 11.9 Å². The number of aliphatic carboxylic acids is 1. The normalized spacial score (nSPS) is 22.4. The monoisotopic (exact) mass is 280 g/mol. The quantitative estimate of drug-likeness (QED) is 0.850. The van der Waals surface area contributed by atoms with E-state index in [1.807, 2.05) is 4.90 Å². The Balaban J connectivity index is 1.65. The minimum atomic E-state index is -0.797. The van der Waals surface area contributed by atoms with Crippen molar-refractivity contribution in [3.63, 3.8) is 0 Å². The Bertz CT molecular complexity index is 514. The molecular formula is C13H16N2O3S. The van der Waals surface area contributed by atoms with Crippen LogP contribution in [0.15, 0.2) is 11.4 Å². The lowest BCUT2D eigenvalue weighted by molar-refractivity contribution is -0.141. The van der Waals surface area contributed by atoms with Crippen molar-refractivity contribution in [3.05, 3.63) is 21.9 Å². The third-order valence-electron chi connectivity index (χ3n) is 3.89. The van der Waals surface area contributed by atoms with Crippen LogP contribution in [0.5, 0.6) is 0 Å². The van der Waals surface area contributed by atoms with Crippen molar-refractivity contribution < 1.29 is 14.7 Å². The first kappa shape index (κ1) is 12.5. The summed E-state index contributed by atoms with van der Waals surface area (Å²) in [6.45, 7) is 2.30. The summed E-state index contributed by atoms with van der Waals surface area (Å²) in [4.78, 5) is 28.2. The first-order valence-corrected chi connectivity index (χ1v) is 7.35. The van der Waals surface area contributed by atoms with Crippen molar-refractivity contribution in [3.8, 4) is 0 Å². The number of hydrogen-bond donors (Lipinski definition) is 1. The lowest BCUT2D eigenvalue weighted by Gasteiger charge is -2.31. The molecule has 1 saturated heterocycles. The highest BCUT2D eigenvalue weighted by atomic mass is 32.1. The van der Waals surface area contributed by atoms with E-state index in [0.717, 1.165) is 13.0 Å². The summed E-state index contributed by atoms with van der Waals surface area (Å²) in [6.07, 6.45) is 1.48. The van der Waals surface area contributed by atoms with Crippen LogP contribution in [0.3, 0.4) is 0 Å². The molecule has 0 radical (unpaired) electrons. The zero-order valence-electron chi connectivity index (χ0n) is 10.5. The maximum atomic E-state index is 12.4. The molecule has 1 aromatic heterocycles. The van der Waals surface area contributed by atoms with Crippen LogP contribution in [-0.4, -0.2) is 46.5 Å². The summed E-state index contributed by atoms with van der Waals surface area (Å²) in [7, 11) is 0. The minimum Gasteiger partial charge on any atom is -0.481 e. The number of thiophene rings is 1. The van der Waals surface area contributed by atoms with Crippen molar-refractivity contribution in [1.29, 1.82) is 0 Å². The first-order chi connectivity index (χ1) is 9.15. The van der Waals surface area contributed by atoms with Crippen molar-refractivity contribution in [2.75, 3.05) is 19.6 Å². The van der Waals surface area contributed by atoms with Crippen LogP contribution in [0.1, 0.15) is 16.9 Å². The molecule has 1 fully saturated rings. The van der Waals surface area contributed by atoms with E-state index in [2.05, 4.69) is 11.4 Å². The fourth-order valence-corrected chi connectivity index (χ4v) is 3.64. The first-order valence-electron chi connectivity index (χ1n) is 6.47. The molecule has 2 aliphatic rings. The number of rotatable bonds is 1. The highest BCUT2D eigenvalue weighted by Gasteiger charge is 2.33. The molecule has 2 aliphatic heterocycles. The Morgan fingerprint density at radius 1 is 1.32 bits per heavy atom. The average molecular weight is 280 g/mol. The molecule has 0 aromatic carbocycles. The number of hydrogen-bond acceptors (Lipinski definition) is 3. The van der Waals surface area contributed by atoms with Gasteiger partial charge in [-0.1, -0.05) is 0 Å². The second-order valence-corrected chi connectivity index (χ2v) is 6.09. The minimum absolute atomic E-state index is 0.0133. The van der Waals surface area contributed by atoms with Crippen LogP contribution < -0.4 is 0 Å². The van der Waals surface area contributed by atoms with Crippen LogP contribution in [0.2, 0.25) is 0 Å². The fraction of sp³-hybridized carbons (Fsp3) is 0.538. The van der Waals surface area contributed by atoms with Gasteiger partial charge in [-0.2, -0.15) is 0 Å². The van der Waals surface area contributed by atoms with Crippen molar-refractivity contribution in [1.82, 2.24) is 9.80 Å². The molecule has 0 spiro atoms. The standard InChI is InChI=1S/C13H16N2O3S/c16-12(17)10-1-4-14(8-10)13(18)15-5-2-11-9(7-15)3-6-19-11/h3,6,10H,1-2,4-5,7-8H2,(H,16,17). The van der Waals surface area contributed by atoms with Gasteiger partial charge in [0.2, 0.25) is 0 Å². The zero-order valence-corrected chi connectivity index (χ0v) is 11.4. The van der Waals surface area contributed by atoms with Gasteiger partial charge < -0.3 is 14.9 Å². The highest BCUT2D eigenvalue weighted by molar-refractivity contribution is 7.10. The SMILES string of the molecule is O=C(O)C1CCN(C(=O)N2CCc3sccc3C2)C1. The molecule has 102 valence electrons. The molecule has 1 unspecified atom stereocenters. The lowest BCUT2D eigenvalue weighted by atomic mass is 10.1. The molecular weight excluding hydrogens is 264 g/mol. The molecule has 1 aromatic rings. The predicted molar refractivity (Wildman–Crippen MR) is 71.1 cm³/mol. The lowest BCUT2D eigenvalue weighted by Crippen LogP contribution is -2.44. The molecule has 3 heterocycles. The van der Waals surface area contributed by atoms with Gasteiger partial charge in [0.25, 0.3) is 0 Å². The van der Waals surface area contributed by atoms with Crippen LogP contribution in [0.25, 0.3) is 0 Å². The number of urea groups is 1. The van der Waals surface area contributed by atoms with Crippen LogP contribution in [-0.2, 0) is 17.8 Å². The number of fused-ring (bicyclic) bond motifs is 1. The fourth-order valence-electron chi connectivity index (χ4n) is 2.75. The van der Waals surface area contributed by atoms with Crippen molar-refractivity contribution in [2.45, 2.75) is 19.4 Å². The van der Waals surface area contributed by atoms with E-state index >= 15 is 0 Å². The topological polar surface area (TPSA) is 60.9 Å². The largest absolute Gasteiger partial charge is 0.481 e. The van der Waals surface area contributed by atoms with Gasteiger partial charge in [0.05, 0.1) is 5.92 Å². The van der Waals surface area contributed by atoms with Crippen molar-refractivity contribution >= 4 is 23.3 Å². The Kier molecular flexibility index (Phi) is 3.18. The van der Waals surface area contributed by atoms with Crippen LogP contribution >= 0.6 is 11.3 Å². The second kappa shape index (κ2) is 4.85. The summed E-state index contributed by atoms with van der Waals surface area (Å²) in [6, 6.07) is 2.06. The molecule has 1 N–H and O–H groups in total.